The van der Waals surface area contributed by atoms with Gasteiger partial charge >= 0.3 is 0 Å². The number of hydrogen-bond donors (Lipinski definition) is 1. The second-order valence-electron chi connectivity index (χ2n) is 2.45. The molecule has 0 rings (SSSR count). The van der Waals surface area contributed by atoms with Crippen LogP contribution in [0.15, 0.2) is 0 Å². The normalized spacial score (nSPS) is 9.00. The van der Waals surface area contributed by atoms with E-state index >= 15 is 0 Å². The van der Waals surface area contributed by atoms with Gasteiger partial charge in [0.2, 0.25) is 5.91 Å². The average Bonchev–Trinajstić information content (AvgIpc) is 2.10. The first kappa shape index (κ1) is 11.4. The Kier molecular flexibility index (Phi) is 8.14. The van der Waals surface area contributed by atoms with Crippen molar-refractivity contribution in [3.05, 3.63) is 0 Å². The summed E-state index contributed by atoms with van der Waals surface area (Å²) >= 11 is 3.05. The number of rotatable bonds is 6. The van der Waals surface area contributed by atoms with E-state index in [1.165, 1.54) is 0 Å². The third-order valence-corrected chi connectivity index (χ3v) is 1.92. The fraction of sp³-hybridized carbons (Fsp3) is 0.750. The van der Waals surface area contributed by atoms with E-state index in [1.54, 1.807) is 0 Å². The molecular formula is C8H13BrN2O. The Hall–Kier alpha value is -0.560. The Bertz CT molecular complexity index is 165. The molecule has 3 nitrogen and oxygen atoms in total. The van der Waals surface area contributed by atoms with Gasteiger partial charge in [0.1, 0.15) is 0 Å². The fourth-order valence-corrected chi connectivity index (χ4v) is 0.979. The molecule has 0 bridgehead atoms. The third kappa shape index (κ3) is 7.55. The minimum absolute atomic E-state index is 0.0234. The Labute approximate surface area is 81.3 Å². The van der Waals surface area contributed by atoms with Crippen molar-refractivity contribution in [2.45, 2.75) is 25.7 Å². The topological polar surface area (TPSA) is 52.9 Å². The number of unbranched alkanes of at least 4 members (excludes halogenated alkanes) is 3. The molecule has 0 heterocycles. The van der Waals surface area contributed by atoms with Crippen molar-refractivity contribution in [1.29, 1.82) is 5.26 Å². The maximum Gasteiger partial charge on any atom is 0.230 e. The molecule has 0 aliphatic rings. The molecule has 0 radical (unpaired) electrons. The van der Waals surface area contributed by atoms with Crippen molar-refractivity contribution < 1.29 is 4.79 Å². The number of amides is 1. The lowest BCUT2D eigenvalue weighted by Gasteiger charge is -2.00. The lowest BCUT2D eigenvalue weighted by molar-refractivity contribution is -0.118. The van der Waals surface area contributed by atoms with Crippen molar-refractivity contribution in [2.75, 3.05) is 11.9 Å². The van der Waals surface area contributed by atoms with Crippen LogP contribution in [0.4, 0.5) is 0 Å². The maximum atomic E-state index is 10.7. The van der Waals surface area contributed by atoms with Gasteiger partial charge in [0.05, 0.1) is 11.4 Å². The molecule has 0 saturated heterocycles. The summed E-state index contributed by atoms with van der Waals surface area (Å²) < 4.78 is 0. The summed E-state index contributed by atoms with van der Waals surface area (Å²) in [5.41, 5.74) is 0. The zero-order chi connectivity index (χ0) is 9.23. The van der Waals surface area contributed by atoms with E-state index < -0.39 is 0 Å². The highest BCUT2D eigenvalue weighted by Gasteiger charge is 1.95. The fourth-order valence-electron chi connectivity index (χ4n) is 0.781. The van der Waals surface area contributed by atoms with Crippen LogP contribution < -0.4 is 5.32 Å². The highest BCUT2D eigenvalue weighted by molar-refractivity contribution is 9.09. The molecule has 0 fully saturated rings. The second kappa shape index (κ2) is 8.54. The monoisotopic (exact) mass is 232 g/mol. The summed E-state index contributed by atoms with van der Waals surface area (Å²) in [5.74, 6) is 0.0234. The Morgan fingerprint density at radius 1 is 1.42 bits per heavy atom. The molecule has 0 unspecified atom stereocenters. The van der Waals surface area contributed by atoms with E-state index in [4.69, 9.17) is 5.26 Å². The number of hydrogen-bond acceptors (Lipinski definition) is 2. The van der Waals surface area contributed by atoms with Crippen LogP contribution >= 0.6 is 15.9 Å². The van der Waals surface area contributed by atoms with Crippen LogP contribution in [0.2, 0.25) is 0 Å². The third-order valence-electron chi connectivity index (χ3n) is 1.41. The molecule has 0 saturated carbocycles. The second-order valence-corrected chi connectivity index (χ2v) is 3.01. The first-order chi connectivity index (χ1) is 5.81. The molecule has 1 N–H and O–H groups in total. The van der Waals surface area contributed by atoms with Crippen LogP contribution in [0, 0.1) is 11.3 Å². The molecule has 0 spiro atoms. The number of carbonyl (C=O) groups is 1. The first-order valence-electron chi connectivity index (χ1n) is 4.01. The van der Waals surface area contributed by atoms with E-state index in [1.807, 2.05) is 0 Å². The molecule has 0 aromatic rings. The molecule has 1 amide bonds. The molecular weight excluding hydrogens is 220 g/mol. The minimum Gasteiger partial charge on any atom is -0.355 e. The minimum atomic E-state index is 0.0234. The highest BCUT2D eigenvalue weighted by Crippen LogP contribution is 1.96. The quantitative estimate of drug-likeness (QED) is 0.559. The van der Waals surface area contributed by atoms with Crippen molar-refractivity contribution in [3.63, 3.8) is 0 Å². The van der Waals surface area contributed by atoms with Crippen molar-refractivity contribution >= 4 is 21.8 Å². The van der Waals surface area contributed by atoms with Gasteiger partial charge in [-0.3, -0.25) is 4.79 Å². The molecule has 0 aliphatic heterocycles. The number of nitrogens with zero attached hydrogens (tertiary/aromatic N) is 1. The number of nitrogens with one attached hydrogen (secondary N) is 1. The zero-order valence-electron chi connectivity index (χ0n) is 6.98. The van der Waals surface area contributed by atoms with Gasteiger partial charge in [-0.15, -0.1) is 0 Å². The van der Waals surface area contributed by atoms with E-state index in [0.29, 0.717) is 11.8 Å². The van der Waals surface area contributed by atoms with Gasteiger partial charge in [-0.2, -0.15) is 5.26 Å². The molecule has 0 aliphatic carbocycles. The van der Waals surface area contributed by atoms with Gasteiger partial charge in [0, 0.05) is 13.0 Å². The van der Waals surface area contributed by atoms with E-state index in [0.717, 1.165) is 25.8 Å². The summed E-state index contributed by atoms with van der Waals surface area (Å²) in [6, 6.07) is 2.08. The number of carbonyl (C=O) groups excluding carboxylic acids is 1. The van der Waals surface area contributed by atoms with Crippen LogP contribution in [0.3, 0.4) is 0 Å². The van der Waals surface area contributed by atoms with Crippen molar-refractivity contribution in [3.8, 4) is 6.07 Å². The van der Waals surface area contributed by atoms with Gasteiger partial charge in [-0.05, 0) is 12.8 Å². The molecule has 4 heteroatoms. The summed E-state index contributed by atoms with van der Waals surface area (Å²) in [4.78, 5) is 10.7. The molecule has 68 valence electrons. The highest BCUT2D eigenvalue weighted by atomic mass is 79.9. The van der Waals surface area contributed by atoms with E-state index in [9.17, 15) is 4.79 Å². The van der Waals surface area contributed by atoms with Gasteiger partial charge in [-0.25, -0.2) is 0 Å². The summed E-state index contributed by atoms with van der Waals surface area (Å²) in [7, 11) is 0. The Morgan fingerprint density at radius 3 is 2.75 bits per heavy atom. The maximum absolute atomic E-state index is 10.7. The van der Waals surface area contributed by atoms with Crippen LogP contribution in [-0.4, -0.2) is 17.8 Å². The lowest BCUT2D eigenvalue weighted by atomic mass is 10.2. The van der Waals surface area contributed by atoms with Crippen LogP contribution in [0.25, 0.3) is 0 Å². The molecule has 12 heavy (non-hydrogen) atoms. The summed E-state index contributed by atoms with van der Waals surface area (Å²) in [5, 5.41) is 11.3. The van der Waals surface area contributed by atoms with Gasteiger partial charge < -0.3 is 5.32 Å². The van der Waals surface area contributed by atoms with Crippen molar-refractivity contribution in [2.24, 2.45) is 0 Å². The van der Waals surface area contributed by atoms with Gasteiger partial charge in [0.25, 0.3) is 0 Å². The Balaban J connectivity index is 3.01. The summed E-state index contributed by atoms with van der Waals surface area (Å²) in [6.45, 7) is 0.718. The zero-order valence-corrected chi connectivity index (χ0v) is 8.56. The number of alkyl halides is 1. The Morgan fingerprint density at radius 2 is 2.17 bits per heavy atom. The molecule has 0 aromatic heterocycles. The predicted molar refractivity (Wildman–Crippen MR) is 50.9 cm³/mol. The SMILES string of the molecule is N#CCCCCCNC(=O)CBr. The van der Waals surface area contributed by atoms with Crippen LogP contribution in [0.5, 0.6) is 0 Å². The molecule has 0 atom stereocenters. The summed E-state index contributed by atoms with van der Waals surface area (Å²) in [6.07, 6.45) is 3.52. The van der Waals surface area contributed by atoms with E-state index in [2.05, 4.69) is 27.3 Å². The average molecular weight is 233 g/mol. The first-order valence-corrected chi connectivity index (χ1v) is 5.13. The van der Waals surface area contributed by atoms with Gasteiger partial charge in [0.15, 0.2) is 0 Å². The standard InChI is InChI=1S/C8H13BrN2O/c9-7-8(12)11-6-4-2-1-3-5-10/h1-4,6-7H2,(H,11,12). The van der Waals surface area contributed by atoms with Crippen molar-refractivity contribution in [1.82, 2.24) is 5.32 Å². The smallest absolute Gasteiger partial charge is 0.230 e. The number of nitriles is 1. The molecule has 0 aromatic carbocycles. The van der Waals surface area contributed by atoms with E-state index in [-0.39, 0.29) is 5.91 Å². The van der Waals surface area contributed by atoms with Crippen LogP contribution in [-0.2, 0) is 4.79 Å². The van der Waals surface area contributed by atoms with Gasteiger partial charge in [-0.1, -0.05) is 22.4 Å². The largest absolute Gasteiger partial charge is 0.355 e. The number of halogens is 1. The van der Waals surface area contributed by atoms with Crippen LogP contribution in [0.1, 0.15) is 25.7 Å². The predicted octanol–water partition coefficient (Wildman–Crippen LogP) is 1.58. The lowest BCUT2D eigenvalue weighted by Crippen LogP contribution is -2.25.